The van der Waals surface area contributed by atoms with E-state index in [-0.39, 0.29) is 11.8 Å². The van der Waals surface area contributed by atoms with Gasteiger partial charge in [0.1, 0.15) is 11.0 Å². The first-order chi connectivity index (χ1) is 15.9. The topological polar surface area (TPSA) is 88.9 Å². The molecule has 2 amide bonds. The van der Waals surface area contributed by atoms with E-state index in [9.17, 15) is 9.59 Å². The second-order valence-electron chi connectivity index (χ2n) is 7.45. The van der Waals surface area contributed by atoms with Crippen LogP contribution in [0.15, 0.2) is 60.8 Å². The number of halogens is 2. The van der Waals surface area contributed by atoms with Gasteiger partial charge in [-0.2, -0.15) is 0 Å². The number of pyridine rings is 1. The van der Waals surface area contributed by atoms with Gasteiger partial charge in [-0.05, 0) is 48.9 Å². The highest BCUT2D eigenvalue weighted by molar-refractivity contribution is 6.34. The number of carbonyl (C=O) groups is 2. The van der Waals surface area contributed by atoms with Gasteiger partial charge in [-0.1, -0.05) is 35.3 Å². The molecule has 2 aromatic heterocycles. The maximum atomic E-state index is 12.5. The van der Waals surface area contributed by atoms with Crippen molar-refractivity contribution in [3.63, 3.8) is 0 Å². The van der Waals surface area contributed by atoms with Gasteiger partial charge in [-0.15, -0.1) is 0 Å². The largest absolute Gasteiger partial charge is 0.352 e. The monoisotopic (exact) mass is 481 g/mol. The molecule has 2 heterocycles. The maximum absolute atomic E-state index is 12.5. The van der Waals surface area contributed by atoms with Gasteiger partial charge in [0.2, 0.25) is 0 Å². The highest BCUT2D eigenvalue weighted by Gasteiger charge is 2.13. The molecule has 168 valence electrons. The zero-order valence-corrected chi connectivity index (χ0v) is 19.3. The number of fused-ring (bicyclic) bond motifs is 1. The van der Waals surface area contributed by atoms with E-state index in [0.29, 0.717) is 40.0 Å². The van der Waals surface area contributed by atoms with Crippen LogP contribution in [-0.4, -0.2) is 32.9 Å². The van der Waals surface area contributed by atoms with E-state index in [2.05, 4.69) is 15.6 Å². The average Bonchev–Trinajstić information content (AvgIpc) is 3.12. The Bertz CT molecular complexity index is 1320. The number of carbonyl (C=O) groups excluding carboxylic acids is 2. The summed E-state index contributed by atoms with van der Waals surface area (Å²) in [5.74, 6) is 0.424. The summed E-state index contributed by atoms with van der Waals surface area (Å²) in [7, 11) is 1.95. The first-order valence-corrected chi connectivity index (χ1v) is 11.1. The fourth-order valence-corrected chi connectivity index (χ4v) is 3.79. The lowest BCUT2D eigenvalue weighted by Crippen LogP contribution is -2.25. The second-order valence-corrected chi connectivity index (χ2v) is 8.25. The Labute approximate surface area is 200 Å². The molecule has 0 bridgehead atoms. The van der Waals surface area contributed by atoms with Crippen LogP contribution in [0.3, 0.4) is 0 Å². The van der Waals surface area contributed by atoms with E-state index >= 15 is 0 Å². The minimum Gasteiger partial charge on any atom is -0.352 e. The van der Waals surface area contributed by atoms with Gasteiger partial charge in [0, 0.05) is 31.9 Å². The van der Waals surface area contributed by atoms with Crippen LogP contribution in [0.5, 0.6) is 0 Å². The Morgan fingerprint density at radius 3 is 2.61 bits per heavy atom. The summed E-state index contributed by atoms with van der Waals surface area (Å²) in [5.41, 5.74) is 3.25. The second kappa shape index (κ2) is 10.0. The molecule has 0 saturated heterocycles. The lowest BCUT2D eigenvalue weighted by Gasteiger charge is -2.07. The molecule has 2 aromatic carbocycles. The van der Waals surface area contributed by atoms with Crippen LogP contribution in [0.2, 0.25) is 10.2 Å². The Kier molecular flexibility index (Phi) is 6.91. The van der Waals surface area contributed by atoms with Gasteiger partial charge in [-0.25, -0.2) is 9.97 Å². The minimum absolute atomic E-state index is 0.192. The van der Waals surface area contributed by atoms with E-state index in [1.54, 1.807) is 36.4 Å². The summed E-state index contributed by atoms with van der Waals surface area (Å²) in [5, 5.41) is 6.49. The normalized spacial score (nSPS) is 10.9. The van der Waals surface area contributed by atoms with Crippen LogP contribution in [0.1, 0.15) is 33.0 Å². The third-order valence-electron chi connectivity index (χ3n) is 5.20. The molecule has 0 spiro atoms. The summed E-state index contributed by atoms with van der Waals surface area (Å²) in [6.45, 7) is 0.504. The lowest BCUT2D eigenvalue weighted by molar-refractivity contribution is 0.0952. The predicted octanol–water partition coefficient (Wildman–Crippen LogP) is 4.89. The van der Waals surface area contributed by atoms with E-state index in [4.69, 9.17) is 28.2 Å². The van der Waals surface area contributed by atoms with E-state index in [1.165, 1.54) is 6.20 Å². The number of aromatic nitrogens is 3. The molecule has 33 heavy (non-hydrogen) atoms. The molecule has 0 unspecified atom stereocenters. The number of imidazole rings is 1. The van der Waals surface area contributed by atoms with Gasteiger partial charge >= 0.3 is 0 Å². The quantitative estimate of drug-likeness (QED) is 0.290. The number of amides is 2. The van der Waals surface area contributed by atoms with Gasteiger partial charge in [0.25, 0.3) is 11.8 Å². The van der Waals surface area contributed by atoms with Crippen LogP contribution >= 0.6 is 23.2 Å². The fourth-order valence-electron chi connectivity index (χ4n) is 3.46. The molecular weight excluding hydrogens is 461 g/mol. The number of nitrogens with zero attached hydrogens (tertiary/aromatic N) is 3. The smallest absolute Gasteiger partial charge is 0.257 e. The van der Waals surface area contributed by atoms with Crippen molar-refractivity contribution in [2.75, 3.05) is 11.9 Å². The van der Waals surface area contributed by atoms with Crippen molar-refractivity contribution in [2.45, 2.75) is 12.8 Å². The third-order valence-corrected chi connectivity index (χ3v) is 5.76. The molecule has 0 aliphatic heterocycles. The molecule has 4 aromatic rings. The standard InChI is InChI=1S/C24H21Cl2N5O2/c1-31-20-10-9-16(29-24(33)17-5-2-3-6-18(17)25)13-19(20)30-22(31)7-4-12-27-23(32)15-8-11-21(26)28-14-15/h2-3,5-6,8-11,13-14H,4,7,12H2,1H3,(H,27,32)(H,29,33). The molecule has 2 N–H and O–H groups in total. The molecule has 4 rings (SSSR count). The van der Waals surface area contributed by atoms with Crippen molar-refractivity contribution in [3.05, 3.63) is 87.9 Å². The Morgan fingerprint density at radius 2 is 1.85 bits per heavy atom. The predicted molar refractivity (Wildman–Crippen MR) is 130 cm³/mol. The Balaban J connectivity index is 1.37. The van der Waals surface area contributed by atoms with E-state index < -0.39 is 0 Å². The number of hydrogen-bond donors (Lipinski definition) is 2. The molecule has 0 radical (unpaired) electrons. The fraction of sp³-hybridized carbons (Fsp3) is 0.167. The zero-order valence-electron chi connectivity index (χ0n) is 17.8. The number of benzene rings is 2. The molecular formula is C24H21Cl2N5O2. The lowest BCUT2D eigenvalue weighted by atomic mass is 10.2. The molecule has 0 fully saturated rings. The van der Waals surface area contributed by atoms with Gasteiger partial charge in [0.05, 0.1) is 27.2 Å². The van der Waals surface area contributed by atoms with Gasteiger partial charge in [0.15, 0.2) is 0 Å². The van der Waals surface area contributed by atoms with Crippen LogP contribution in [0.4, 0.5) is 5.69 Å². The van der Waals surface area contributed by atoms with E-state index in [1.807, 2.05) is 29.8 Å². The molecule has 0 atom stereocenters. The number of aryl methyl sites for hydroxylation is 2. The van der Waals surface area contributed by atoms with Crippen molar-refractivity contribution in [3.8, 4) is 0 Å². The summed E-state index contributed by atoms with van der Waals surface area (Å²) >= 11 is 11.9. The van der Waals surface area contributed by atoms with Crippen LogP contribution in [0, 0.1) is 0 Å². The van der Waals surface area contributed by atoms with Crippen molar-refractivity contribution in [1.29, 1.82) is 0 Å². The molecule has 9 heteroatoms. The Hall–Kier alpha value is -3.42. The maximum Gasteiger partial charge on any atom is 0.257 e. The number of hydrogen-bond acceptors (Lipinski definition) is 4. The SMILES string of the molecule is Cn1c(CCCNC(=O)c2ccc(Cl)nc2)nc2cc(NC(=O)c3ccccc3Cl)ccc21. The summed E-state index contributed by atoms with van der Waals surface area (Å²) in [6.07, 6.45) is 2.86. The van der Waals surface area contributed by atoms with Crippen molar-refractivity contribution < 1.29 is 9.59 Å². The van der Waals surface area contributed by atoms with Gasteiger partial charge in [-0.3, -0.25) is 9.59 Å². The highest BCUT2D eigenvalue weighted by Crippen LogP contribution is 2.22. The van der Waals surface area contributed by atoms with Crippen LogP contribution in [-0.2, 0) is 13.5 Å². The number of nitrogens with one attached hydrogen (secondary N) is 2. The van der Waals surface area contributed by atoms with Crippen molar-refractivity contribution in [1.82, 2.24) is 19.9 Å². The minimum atomic E-state index is -0.275. The number of anilines is 1. The number of rotatable bonds is 7. The molecule has 0 saturated carbocycles. The highest BCUT2D eigenvalue weighted by atomic mass is 35.5. The summed E-state index contributed by atoms with van der Waals surface area (Å²) < 4.78 is 2.01. The van der Waals surface area contributed by atoms with Crippen molar-refractivity contribution in [2.24, 2.45) is 7.05 Å². The molecule has 7 nitrogen and oxygen atoms in total. The van der Waals surface area contributed by atoms with Crippen LogP contribution < -0.4 is 10.6 Å². The average molecular weight is 482 g/mol. The first kappa shape index (κ1) is 22.8. The van der Waals surface area contributed by atoms with E-state index in [0.717, 1.165) is 23.3 Å². The van der Waals surface area contributed by atoms with Gasteiger partial charge < -0.3 is 15.2 Å². The zero-order chi connectivity index (χ0) is 23.4. The van der Waals surface area contributed by atoms with Crippen LogP contribution in [0.25, 0.3) is 11.0 Å². The summed E-state index contributed by atoms with van der Waals surface area (Å²) in [4.78, 5) is 33.3. The third kappa shape index (κ3) is 5.32. The first-order valence-electron chi connectivity index (χ1n) is 10.3. The van der Waals surface area contributed by atoms with Crippen molar-refractivity contribution >= 4 is 51.7 Å². The summed E-state index contributed by atoms with van der Waals surface area (Å²) in [6, 6.07) is 15.7. The Morgan fingerprint density at radius 1 is 1.03 bits per heavy atom. The molecule has 0 aliphatic rings. The molecule has 0 aliphatic carbocycles.